The molecule has 0 atom stereocenters. The number of rotatable bonds is 4. The van der Waals surface area contributed by atoms with Crippen molar-refractivity contribution in [1.29, 1.82) is 0 Å². The van der Waals surface area contributed by atoms with Crippen LogP contribution in [0.5, 0.6) is 0 Å². The zero-order chi connectivity index (χ0) is 12.6. The zero-order valence-corrected chi connectivity index (χ0v) is 10.2. The van der Waals surface area contributed by atoms with E-state index in [1.165, 1.54) is 6.92 Å². The lowest BCUT2D eigenvalue weighted by Gasteiger charge is -2.02. The van der Waals surface area contributed by atoms with Gasteiger partial charge in [0.2, 0.25) is 10.4 Å². The summed E-state index contributed by atoms with van der Waals surface area (Å²) in [5, 5.41) is 0. The summed E-state index contributed by atoms with van der Waals surface area (Å²) in [6, 6.07) is 0. The molecule has 7 heteroatoms. The summed E-state index contributed by atoms with van der Waals surface area (Å²) in [7, 11) is -4.42. The number of imidazole rings is 1. The third-order valence-electron chi connectivity index (χ3n) is 1.59. The lowest BCUT2D eigenvalue weighted by Crippen LogP contribution is -2.32. The van der Waals surface area contributed by atoms with Crippen molar-refractivity contribution in [2.45, 2.75) is 20.4 Å². The van der Waals surface area contributed by atoms with Gasteiger partial charge < -0.3 is 4.55 Å². The van der Waals surface area contributed by atoms with E-state index in [2.05, 4.69) is 27.2 Å². The summed E-state index contributed by atoms with van der Waals surface area (Å²) < 4.78 is 34.1. The highest BCUT2D eigenvalue weighted by Gasteiger charge is 2.00. The Balaban J connectivity index is 0.000000293. The van der Waals surface area contributed by atoms with E-state index >= 15 is 0 Å². The predicted octanol–water partition coefficient (Wildman–Crippen LogP) is 0.448. The first-order valence-electron chi connectivity index (χ1n) is 4.74. The van der Waals surface area contributed by atoms with Crippen molar-refractivity contribution in [3.8, 4) is 0 Å². The van der Waals surface area contributed by atoms with Crippen LogP contribution in [0.2, 0.25) is 0 Å². The molecule has 6 nitrogen and oxygen atoms in total. The molecule has 1 N–H and O–H groups in total. The van der Waals surface area contributed by atoms with Crippen molar-refractivity contribution in [3.63, 3.8) is 0 Å². The summed E-state index contributed by atoms with van der Waals surface area (Å²) in [6.07, 6.45) is 5.71. The SMILES string of the molecule is C=Cc1[nH]cc[n+]1CC.CCOS(=O)(=O)[O-]. The maximum absolute atomic E-state index is 9.45. The number of aromatic amines is 1. The van der Waals surface area contributed by atoms with Crippen molar-refractivity contribution in [2.24, 2.45) is 0 Å². The van der Waals surface area contributed by atoms with Crippen LogP contribution in [0.15, 0.2) is 19.0 Å². The normalized spacial score (nSPS) is 10.4. The molecular formula is C9H16N2O4S. The van der Waals surface area contributed by atoms with Gasteiger partial charge in [0.05, 0.1) is 13.2 Å². The molecule has 0 aliphatic carbocycles. The maximum Gasteiger partial charge on any atom is 0.278 e. The highest BCUT2D eigenvalue weighted by molar-refractivity contribution is 7.80. The van der Waals surface area contributed by atoms with Crippen LogP contribution in [0.4, 0.5) is 0 Å². The summed E-state index contributed by atoms with van der Waals surface area (Å²) in [5.41, 5.74) is 0. The first-order valence-corrected chi connectivity index (χ1v) is 6.07. The fourth-order valence-electron chi connectivity index (χ4n) is 0.972. The van der Waals surface area contributed by atoms with E-state index < -0.39 is 10.4 Å². The highest BCUT2D eigenvalue weighted by Crippen LogP contribution is 1.85. The molecule has 1 aromatic heterocycles. The van der Waals surface area contributed by atoms with Crippen LogP contribution in [0.1, 0.15) is 19.7 Å². The number of hydrogen-bond donors (Lipinski definition) is 1. The molecule has 0 spiro atoms. The Bertz CT molecular complexity index is 411. The van der Waals surface area contributed by atoms with Gasteiger partial charge in [-0.1, -0.05) is 6.58 Å². The summed E-state index contributed by atoms with van der Waals surface area (Å²) in [6.45, 7) is 8.08. The van der Waals surface area contributed by atoms with Crippen LogP contribution >= 0.6 is 0 Å². The number of aryl methyl sites for hydroxylation is 1. The van der Waals surface area contributed by atoms with Gasteiger partial charge in [0.25, 0.3) is 5.82 Å². The number of aromatic nitrogens is 2. The molecule has 0 saturated carbocycles. The fourth-order valence-corrected chi connectivity index (χ4v) is 1.26. The quantitative estimate of drug-likeness (QED) is 0.476. The predicted molar refractivity (Wildman–Crippen MR) is 58.1 cm³/mol. The molecule has 0 aliphatic rings. The van der Waals surface area contributed by atoms with Gasteiger partial charge in [-0.25, -0.2) is 18.0 Å². The standard InChI is InChI=1S/C7H10N2.C2H6O4S/c1-3-7-8-5-6-9(7)4-2;1-2-6-7(3,4)5/h3,5-6H,1,4H2,2H3;2H2,1H3,(H,3,4,5). The molecule has 0 saturated heterocycles. The van der Waals surface area contributed by atoms with Gasteiger partial charge in [0.15, 0.2) is 0 Å². The molecule has 1 rings (SSSR count). The molecule has 1 aromatic rings. The second-order valence-corrected chi connectivity index (χ2v) is 3.70. The van der Waals surface area contributed by atoms with Gasteiger partial charge in [-0.05, 0) is 13.8 Å². The van der Waals surface area contributed by atoms with Crippen molar-refractivity contribution in [1.82, 2.24) is 4.98 Å². The minimum Gasteiger partial charge on any atom is -0.726 e. The Morgan fingerprint density at radius 2 is 2.25 bits per heavy atom. The Morgan fingerprint density at radius 1 is 1.62 bits per heavy atom. The lowest BCUT2D eigenvalue weighted by molar-refractivity contribution is -0.693. The first-order chi connectivity index (χ1) is 7.44. The second kappa shape index (κ2) is 7.15. The van der Waals surface area contributed by atoms with Crippen molar-refractivity contribution in [3.05, 3.63) is 24.8 Å². The Kier molecular flexibility index (Phi) is 6.63. The number of nitrogens with zero attached hydrogens (tertiary/aromatic N) is 1. The van der Waals surface area contributed by atoms with Crippen LogP contribution in [0.25, 0.3) is 6.08 Å². The molecule has 0 fully saturated rings. The number of nitrogens with one attached hydrogen (secondary N) is 1. The molecule has 0 radical (unpaired) electrons. The monoisotopic (exact) mass is 248 g/mol. The summed E-state index contributed by atoms with van der Waals surface area (Å²) in [4.78, 5) is 3.05. The van der Waals surface area contributed by atoms with Crippen molar-refractivity contribution < 1.29 is 21.7 Å². The molecule has 92 valence electrons. The van der Waals surface area contributed by atoms with E-state index in [1.807, 2.05) is 18.5 Å². The van der Waals surface area contributed by atoms with Crippen LogP contribution in [0.3, 0.4) is 0 Å². The molecule has 0 unspecified atom stereocenters. The van der Waals surface area contributed by atoms with E-state index in [0.29, 0.717) is 0 Å². The molecule has 16 heavy (non-hydrogen) atoms. The van der Waals surface area contributed by atoms with Gasteiger partial charge in [0.1, 0.15) is 12.4 Å². The van der Waals surface area contributed by atoms with E-state index in [9.17, 15) is 13.0 Å². The minimum absolute atomic E-state index is 0.0914. The average molecular weight is 248 g/mol. The third kappa shape index (κ3) is 6.33. The van der Waals surface area contributed by atoms with E-state index in [0.717, 1.165) is 12.4 Å². The first kappa shape index (κ1) is 14.8. The lowest BCUT2D eigenvalue weighted by atomic mass is 10.5. The van der Waals surface area contributed by atoms with E-state index in [1.54, 1.807) is 0 Å². The smallest absolute Gasteiger partial charge is 0.278 e. The summed E-state index contributed by atoms with van der Waals surface area (Å²) in [5.74, 6) is 1.07. The van der Waals surface area contributed by atoms with Crippen molar-refractivity contribution in [2.75, 3.05) is 6.61 Å². The average Bonchev–Trinajstić information content (AvgIpc) is 2.63. The largest absolute Gasteiger partial charge is 0.726 e. The fraction of sp³-hybridized carbons (Fsp3) is 0.444. The Labute approximate surface area is 95.5 Å². The Morgan fingerprint density at radius 3 is 2.50 bits per heavy atom. The minimum atomic E-state index is -4.42. The maximum atomic E-state index is 9.45. The molecule has 0 aromatic carbocycles. The zero-order valence-electron chi connectivity index (χ0n) is 9.34. The van der Waals surface area contributed by atoms with Crippen LogP contribution in [0, 0.1) is 0 Å². The molecule has 1 heterocycles. The third-order valence-corrected chi connectivity index (χ3v) is 2.12. The molecule has 0 aliphatic heterocycles. The van der Waals surface area contributed by atoms with Crippen LogP contribution < -0.4 is 4.57 Å². The van der Waals surface area contributed by atoms with Gasteiger partial charge in [0, 0.05) is 6.08 Å². The molecule has 0 amide bonds. The molecular weight excluding hydrogens is 232 g/mol. The van der Waals surface area contributed by atoms with Crippen molar-refractivity contribution >= 4 is 16.5 Å². The number of H-pyrrole nitrogens is 1. The Hall–Kier alpha value is -1.18. The van der Waals surface area contributed by atoms with Crippen LogP contribution in [-0.4, -0.2) is 24.6 Å². The van der Waals surface area contributed by atoms with Gasteiger partial charge in [-0.2, -0.15) is 0 Å². The van der Waals surface area contributed by atoms with E-state index in [4.69, 9.17) is 0 Å². The topological polar surface area (TPSA) is 86.1 Å². The number of hydrogen-bond acceptors (Lipinski definition) is 4. The highest BCUT2D eigenvalue weighted by atomic mass is 32.3. The second-order valence-electron chi connectivity index (χ2n) is 2.65. The van der Waals surface area contributed by atoms with Crippen LogP contribution in [-0.2, 0) is 21.1 Å². The van der Waals surface area contributed by atoms with Gasteiger partial charge in [-0.15, -0.1) is 0 Å². The van der Waals surface area contributed by atoms with Gasteiger partial charge in [-0.3, -0.25) is 4.18 Å². The summed E-state index contributed by atoms with van der Waals surface area (Å²) >= 11 is 0. The van der Waals surface area contributed by atoms with E-state index in [-0.39, 0.29) is 6.61 Å². The van der Waals surface area contributed by atoms with Gasteiger partial charge >= 0.3 is 0 Å². The molecule has 0 bridgehead atoms.